The van der Waals surface area contributed by atoms with Crippen molar-refractivity contribution in [1.82, 2.24) is 5.32 Å². The number of ether oxygens (including phenoxy) is 1. The van der Waals surface area contributed by atoms with E-state index in [1.54, 1.807) is 6.08 Å². The van der Waals surface area contributed by atoms with Crippen LogP contribution in [0.1, 0.15) is 309 Å². The lowest BCUT2D eigenvalue weighted by Gasteiger charge is -2.20. The van der Waals surface area contributed by atoms with E-state index in [-0.39, 0.29) is 18.5 Å². The summed E-state index contributed by atoms with van der Waals surface area (Å²) in [5.74, 6) is -0.0628. The molecule has 1 amide bonds. The van der Waals surface area contributed by atoms with Crippen LogP contribution in [0.2, 0.25) is 0 Å². The molecule has 378 valence electrons. The Labute approximate surface area is 399 Å². The number of carbonyl (C=O) groups is 2. The molecule has 2 atom stereocenters. The van der Waals surface area contributed by atoms with Crippen LogP contribution >= 0.6 is 0 Å². The van der Waals surface area contributed by atoms with Gasteiger partial charge in [-0.2, -0.15) is 0 Å². The van der Waals surface area contributed by atoms with Gasteiger partial charge in [0.15, 0.2) is 0 Å². The van der Waals surface area contributed by atoms with Gasteiger partial charge in [-0.25, -0.2) is 0 Å². The second-order valence-corrected chi connectivity index (χ2v) is 19.6. The highest BCUT2D eigenvalue weighted by atomic mass is 16.5. The van der Waals surface area contributed by atoms with Crippen LogP contribution in [0.25, 0.3) is 0 Å². The highest BCUT2D eigenvalue weighted by Crippen LogP contribution is 2.17. The number of hydrogen-bond acceptors (Lipinski definition) is 5. The van der Waals surface area contributed by atoms with Gasteiger partial charge in [0.05, 0.1) is 25.4 Å². The SMILES string of the molecule is CCCCCC/C=C\CCCCCCCC(=O)OCCCCCCCCCCCCCCCCCCCCCCCCCCC(=O)NC(CO)C(O)/C=C/CCCCCCCCCC. The number of rotatable bonds is 53. The molecule has 2 unspecified atom stereocenters. The van der Waals surface area contributed by atoms with Crippen molar-refractivity contribution in [3.8, 4) is 0 Å². The molecule has 0 aromatic rings. The largest absolute Gasteiger partial charge is 0.466 e. The van der Waals surface area contributed by atoms with Crippen LogP contribution in [0.3, 0.4) is 0 Å². The normalized spacial score (nSPS) is 12.8. The number of hydrogen-bond donors (Lipinski definition) is 3. The van der Waals surface area contributed by atoms with Crippen molar-refractivity contribution >= 4 is 11.9 Å². The Morgan fingerprint density at radius 2 is 0.734 bits per heavy atom. The van der Waals surface area contributed by atoms with Gasteiger partial charge in [0.25, 0.3) is 0 Å². The maximum Gasteiger partial charge on any atom is 0.305 e. The average Bonchev–Trinajstić information content (AvgIpc) is 3.29. The molecule has 6 heteroatoms. The number of aliphatic hydroxyl groups excluding tert-OH is 2. The number of amides is 1. The summed E-state index contributed by atoms with van der Waals surface area (Å²) in [6, 6.07) is -0.624. The Kier molecular flexibility index (Phi) is 52.6. The Bertz CT molecular complexity index is 997. The zero-order valence-electron chi connectivity index (χ0n) is 43.0. The van der Waals surface area contributed by atoms with Gasteiger partial charge in [-0.05, 0) is 57.8 Å². The van der Waals surface area contributed by atoms with Crippen molar-refractivity contribution in [3.05, 3.63) is 24.3 Å². The van der Waals surface area contributed by atoms with Crippen LogP contribution in [0.4, 0.5) is 0 Å². The molecule has 64 heavy (non-hydrogen) atoms. The first-order chi connectivity index (χ1) is 31.5. The van der Waals surface area contributed by atoms with Crippen molar-refractivity contribution in [2.75, 3.05) is 13.2 Å². The maximum atomic E-state index is 12.4. The Morgan fingerprint density at radius 1 is 0.422 bits per heavy atom. The molecule has 0 aromatic heterocycles. The van der Waals surface area contributed by atoms with E-state index < -0.39 is 12.1 Å². The lowest BCUT2D eigenvalue weighted by atomic mass is 10.0. The van der Waals surface area contributed by atoms with Crippen LogP contribution < -0.4 is 5.32 Å². The smallest absolute Gasteiger partial charge is 0.305 e. The number of allylic oxidation sites excluding steroid dienone is 3. The monoisotopic (exact) mass is 902 g/mol. The van der Waals surface area contributed by atoms with Crippen molar-refractivity contribution in [1.29, 1.82) is 0 Å². The van der Waals surface area contributed by atoms with Crippen molar-refractivity contribution < 1.29 is 24.5 Å². The molecule has 0 saturated heterocycles. The summed E-state index contributed by atoms with van der Waals surface area (Å²) in [6.07, 6.45) is 65.0. The molecule has 0 rings (SSSR count). The number of unbranched alkanes of at least 4 members (excludes halogenated alkanes) is 40. The topological polar surface area (TPSA) is 95.9 Å². The zero-order valence-corrected chi connectivity index (χ0v) is 43.0. The minimum atomic E-state index is -0.841. The van der Waals surface area contributed by atoms with Gasteiger partial charge < -0.3 is 20.3 Å². The van der Waals surface area contributed by atoms with Gasteiger partial charge in [0, 0.05) is 12.8 Å². The lowest BCUT2D eigenvalue weighted by Crippen LogP contribution is -2.45. The van der Waals surface area contributed by atoms with Gasteiger partial charge in [0.1, 0.15) is 0 Å². The quantitative estimate of drug-likeness (QED) is 0.0321. The number of aliphatic hydroxyl groups is 2. The highest BCUT2D eigenvalue weighted by molar-refractivity contribution is 5.76. The molecule has 0 bridgehead atoms. The van der Waals surface area contributed by atoms with E-state index in [9.17, 15) is 19.8 Å². The zero-order chi connectivity index (χ0) is 46.5. The lowest BCUT2D eigenvalue weighted by molar-refractivity contribution is -0.143. The first kappa shape index (κ1) is 62.3. The Hall–Kier alpha value is -1.66. The minimum absolute atomic E-state index is 0.00550. The third kappa shape index (κ3) is 49.8. The van der Waals surface area contributed by atoms with Crippen LogP contribution in [-0.2, 0) is 14.3 Å². The maximum absolute atomic E-state index is 12.4. The molecule has 0 spiro atoms. The van der Waals surface area contributed by atoms with Crippen molar-refractivity contribution in [2.24, 2.45) is 0 Å². The van der Waals surface area contributed by atoms with Crippen molar-refractivity contribution in [2.45, 2.75) is 321 Å². The predicted octanol–water partition coefficient (Wildman–Crippen LogP) is 17.5. The third-order valence-corrected chi connectivity index (χ3v) is 13.2. The van der Waals surface area contributed by atoms with Gasteiger partial charge in [-0.15, -0.1) is 0 Å². The van der Waals surface area contributed by atoms with E-state index >= 15 is 0 Å². The summed E-state index contributed by atoms with van der Waals surface area (Å²) in [5.41, 5.74) is 0. The first-order valence-electron chi connectivity index (χ1n) is 28.6. The van der Waals surface area contributed by atoms with Crippen LogP contribution in [0, 0.1) is 0 Å². The molecule has 3 N–H and O–H groups in total. The number of esters is 1. The van der Waals surface area contributed by atoms with Gasteiger partial charge in [-0.3, -0.25) is 9.59 Å². The number of nitrogens with one attached hydrogen (secondary N) is 1. The summed E-state index contributed by atoms with van der Waals surface area (Å²) in [6.45, 7) is 4.87. The van der Waals surface area contributed by atoms with E-state index in [0.717, 1.165) is 44.9 Å². The van der Waals surface area contributed by atoms with Crippen LogP contribution in [0.5, 0.6) is 0 Å². The summed E-state index contributed by atoms with van der Waals surface area (Å²) < 4.78 is 5.47. The Morgan fingerprint density at radius 3 is 1.12 bits per heavy atom. The third-order valence-electron chi connectivity index (χ3n) is 13.2. The van der Waals surface area contributed by atoms with Crippen LogP contribution in [0.15, 0.2) is 24.3 Å². The average molecular weight is 903 g/mol. The highest BCUT2D eigenvalue weighted by Gasteiger charge is 2.18. The molecule has 0 aliphatic carbocycles. The molecule has 6 nitrogen and oxygen atoms in total. The molecule has 0 heterocycles. The molecule has 0 radical (unpaired) electrons. The molecule has 0 aromatic carbocycles. The van der Waals surface area contributed by atoms with E-state index in [1.807, 2.05) is 6.08 Å². The molecular formula is C58H111NO5. The minimum Gasteiger partial charge on any atom is -0.466 e. The van der Waals surface area contributed by atoms with Gasteiger partial charge >= 0.3 is 5.97 Å². The molecule has 0 aliphatic heterocycles. The molecular weight excluding hydrogens is 791 g/mol. The van der Waals surface area contributed by atoms with E-state index in [1.165, 1.54) is 238 Å². The van der Waals surface area contributed by atoms with Crippen molar-refractivity contribution in [3.63, 3.8) is 0 Å². The van der Waals surface area contributed by atoms with E-state index in [2.05, 4.69) is 31.3 Å². The molecule has 0 saturated carbocycles. The summed E-state index contributed by atoms with van der Waals surface area (Å²) >= 11 is 0. The van der Waals surface area contributed by atoms with Gasteiger partial charge in [-0.1, -0.05) is 263 Å². The van der Waals surface area contributed by atoms with E-state index in [4.69, 9.17) is 4.74 Å². The fraction of sp³-hybridized carbons (Fsp3) is 0.897. The second kappa shape index (κ2) is 54.0. The number of carbonyl (C=O) groups excluding carboxylic acids is 2. The fourth-order valence-electron chi connectivity index (χ4n) is 8.81. The molecule has 0 fully saturated rings. The predicted molar refractivity (Wildman–Crippen MR) is 278 cm³/mol. The second-order valence-electron chi connectivity index (χ2n) is 19.6. The summed E-state index contributed by atoms with van der Waals surface area (Å²) in [4.78, 5) is 24.4. The summed E-state index contributed by atoms with van der Waals surface area (Å²) in [7, 11) is 0. The standard InChI is InChI=1S/C58H111NO5/c1-3-5-7-9-11-13-15-28-32-36-40-44-48-52-58(63)64-53-49-45-41-37-33-30-27-25-23-21-19-17-16-18-20-22-24-26-29-31-35-39-43-47-51-57(62)59-55(54-60)56(61)50-46-42-38-34-14-12-10-8-6-4-2/h13,15,46,50,55-56,60-61H,3-12,14,16-45,47-49,51-54H2,1-2H3,(H,59,62)/b15-13-,50-46+. The fourth-order valence-corrected chi connectivity index (χ4v) is 8.81. The van der Waals surface area contributed by atoms with Crippen LogP contribution in [-0.4, -0.2) is 47.4 Å². The molecule has 0 aliphatic rings. The Balaban J connectivity index is 3.36. The summed E-state index contributed by atoms with van der Waals surface area (Å²) in [5, 5.41) is 23.0. The first-order valence-corrected chi connectivity index (χ1v) is 28.6. The van der Waals surface area contributed by atoms with Gasteiger partial charge in [0.2, 0.25) is 5.91 Å². The van der Waals surface area contributed by atoms with E-state index in [0.29, 0.717) is 19.4 Å².